The number of rotatable bonds is 5. The fourth-order valence-corrected chi connectivity index (χ4v) is 2.03. The number of esters is 1. The van der Waals surface area contributed by atoms with E-state index >= 15 is 0 Å². The van der Waals surface area contributed by atoms with E-state index in [2.05, 4.69) is 26.5 Å². The Morgan fingerprint density at radius 3 is 2.95 bits per heavy atom. The number of carbonyl (C=O) groups is 1. The van der Waals surface area contributed by atoms with Crippen molar-refractivity contribution in [3.05, 3.63) is 53.6 Å². The minimum atomic E-state index is -0.350. The lowest BCUT2D eigenvalue weighted by Crippen LogP contribution is -2.22. The molecule has 20 heavy (non-hydrogen) atoms. The van der Waals surface area contributed by atoms with Gasteiger partial charge in [-0.3, -0.25) is 9.88 Å². The second-order valence-electron chi connectivity index (χ2n) is 4.76. The fraction of sp³-hybridized carbons (Fsp3) is 0.333. The van der Waals surface area contributed by atoms with Crippen molar-refractivity contribution in [1.82, 2.24) is 14.9 Å². The number of pyridine rings is 1. The van der Waals surface area contributed by atoms with E-state index in [1.807, 2.05) is 37.5 Å². The zero-order valence-electron chi connectivity index (χ0n) is 12.0. The van der Waals surface area contributed by atoms with Gasteiger partial charge in [0.25, 0.3) is 0 Å². The number of nitrogens with zero attached hydrogens (tertiary/aromatic N) is 2. The van der Waals surface area contributed by atoms with Crippen molar-refractivity contribution in [3.8, 4) is 0 Å². The van der Waals surface area contributed by atoms with E-state index in [1.54, 1.807) is 6.20 Å². The number of aromatic amines is 1. The first-order chi connectivity index (χ1) is 9.61. The van der Waals surface area contributed by atoms with Crippen LogP contribution >= 0.6 is 0 Å². The van der Waals surface area contributed by atoms with Crippen LogP contribution in [0.15, 0.2) is 36.7 Å². The van der Waals surface area contributed by atoms with Crippen molar-refractivity contribution >= 4 is 5.97 Å². The maximum Gasteiger partial charge on any atom is 0.354 e. The molecule has 2 aromatic rings. The molecule has 2 heterocycles. The van der Waals surface area contributed by atoms with E-state index in [4.69, 9.17) is 0 Å². The molecule has 0 amide bonds. The SMILES string of the molecule is COC(=O)c1cc(CN(C)[C@@H](C)c2ccccn2)c[nH]1. The van der Waals surface area contributed by atoms with Crippen LogP contribution in [-0.4, -0.2) is 35.0 Å². The van der Waals surface area contributed by atoms with Crippen molar-refractivity contribution in [3.63, 3.8) is 0 Å². The van der Waals surface area contributed by atoms with Gasteiger partial charge in [-0.1, -0.05) is 6.07 Å². The van der Waals surface area contributed by atoms with Gasteiger partial charge in [-0.25, -0.2) is 4.79 Å². The molecule has 0 bridgehead atoms. The van der Waals surface area contributed by atoms with Gasteiger partial charge in [-0.2, -0.15) is 0 Å². The molecular weight excluding hydrogens is 254 g/mol. The molecule has 2 rings (SSSR count). The molecule has 2 aromatic heterocycles. The number of hydrogen-bond acceptors (Lipinski definition) is 4. The van der Waals surface area contributed by atoms with E-state index in [1.165, 1.54) is 7.11 Å². The monoisotopic (exact) mass is 273 g/mol. The van der Waals surface area contributed by atoms with Gasteiger partial charge in [0.15, 0.2) is 0 Å². The lowest BCUT2D eigenvalue weighted by atomic mass is 10.1. The highest BCUT2D eigenvalue weighted by molar-refractivity contribution is 5.87. The Labute approximate surface area is 118 Å². The Kier molecular flexibility index (Phi) is 4.53. The van der Waals surface area contributed by atoms with Crippen LogP contribution in [0, 0.1) is 0 Å². The quantitative estimate of drug-likeness (QED) is 0.850. The summed E-state index contributed by atoms with van der Waals surface area (Å²) in [7, 11) is 3.41. The highest BCUT2D eigenvalue weighted by Gasteiger charge is 2.15. The number of nitrogens with one attached hydrogen (secondary N) is 1. The molecule has 0 aliphatic rings. The Bertz CT molecular complexity index is 566. The summed E-state index contributed by atoms with van der Waals surface area (Å²) in [5.41, 5.74) is 2.54. The smallest absolute Gasteiger partial charge is 0.354 e. The molecule has 0 fully saturated rings. The van der Waals surface area contributed by atoms with Crippen LogP contribution in [0.25, 0.3) is 0 Å². The molecule has 0 unspecified atom stereocenters. The lowest BCUT2D eigenvalue weighted by molar-refractivity contribution is 0.0595. The zero-order valence-corrected chi connectivity index (χ0v) is 12.0. The summed E-state index contributed by atoms with van der Waals surface area (Å²) in [6.07, 6.45) is 3.62. The highest BCUT2D eigenvalue weighted by Crippen LogP contribution is 2.18. The highest BCUT2D eigenvalue weighted by atomic mass is 16.5. The maximum atomic E-state index is 11.4. The van der Waals surface area contributed by atoms with Crippen molar-refractivity contribution in [2.45, 2.75) is 19.5 Å². The summed E-state index contributed by atoms with van der Waals surface area (Å²) >= 11 is 0. The first-order valence-corrected chi connectivity index (χ1v) is 6.48. The summed E-state index contributed by atoms with van der Waals surface area (Å²) in [6, 6.07) is 7.92. The van der Waals surface area contributed by atoms with Gasteiger partial charge in [0.2, 0.25) is 0 Å². The molecule has 5 heteroatoms. The van der Waals surface area contributed by atoms with Crippen LogP contribution in [0.1, 0.15) is 34.7 Å². The van der Waals surface area contributed by atoms with Crippen LogP contribution < -0.4 is 0 Å². The number of hydrogen-bond donors (Lipinski definition) is 1. The second-order valence-corrected chi connectivity index (χ2v) is 4.76. The van der Waals surface area contributed by atoms with E-state index in [-0.39, 0.29) is 12.0 Å². The van der Waals surface area contributed by atoms with Crippen molar-refractivity contribution in [1.29, 1.82) is 0 Å². The molecule has 0 aromatic carbocycles. The molecule has 0 saturated carbocycles. The summed E-state index contributed by atoms with van der Waals surface area (Å²) in [6.45, 7) is 2.83. The maximum absolute atomic E-state index is 11.4. The first-order valence-electron chi connectivity index (χ1n) is 6.48. The van der Waals surface area contributed by atoms with Crippen LogP contribution in [0.4, 0.5) is 0 Å². The van der Waals surface area contributed by atoms with E-state index < -0.39 is 0 Å². The fourth-order valence-electron chi connectivity index (χ4n) is 2.03. The summed E-state index contributed by atoms with van der Waals surface area (Å²) in [5.74, 6) is -0.350. The Hall–Kier alpha value is -2.14. The molecule has 0 aliphatic heterocycles. The van der Waals surface area contributed by atoms with Crippen LogP contribution in [0.2, 0.25) is 0 Å². The average molecular weight is 273 g/mol. The standard InChI is InChI=1S/C15H19N3O2/c1-11(13-6-4-5-7-16-13)18(2)10-12-8-14(17-9-12)15(19)20-3/h4-9,11,17H,10H2,1-3H3/t11-/m0/s1. The molecule has 1 atom stereocenters. The minimum absolute atomic E-state index is 0.202. The second kappa shape index (κ2) is 6.34. The Balaban J connectivity index is 2.02. The number of aromatic nitrogens is 2. The topological polar surface area (TPSA) is 58.2 Å². The third-order valence-electron chi connectivity index (χ3n) is 3.36. The normalized spacial score (nSPS) is 12.4. The molecule has 0 saturated heterocycles. The van der Waals surface area contributed by atoms with Crippen molar-refractivity contribution in [2.24, 2.45) is 0 Å². The van der Waals surface area contributed by atoms with Gasteiger partial charge >= 0.3 is 5.97 Å². The third-order valence-corrected chi connectivity index (χ3v) is 3.36. The number of H-pyrrole nitrogens is 1. The molecule has 0 aliphatic carbocycles. The summed E-state index contributed by atoms with van der Waals surface area (Å²) in [4.78, 5) is 20.9. The van der Waals surface area contributed by atoms with Gasteiger partial charge in [0.1, 0.15) is 5.69 Å². The summed E-state index contributed by atoms with van der Waals surface area (Å²) < 4.78 is 4.68. The van der Waals surface area contributed by atoms with Gasteiger partial charge in [-0.15, -0.1) is 0 Å². The van der Waals surface area contributed by atoms with Gasteiger partial charge < -0.3 is 9.72 Å². The lowest BCUT2D eigenvalue weighted by Gasteiger charge is -2.23. The third kappa shape index (κ3) is 3.24. The van der Waals surface area contributed by atoms with Crippen molar-refractivity contribution < 1.29 is 9.53 Å². The Morgan fingerprint density at radius 2 is 2.30 bits per heavy atom. The molecule has 0 spiro atoms. The number of ether oxygens (including phenoxy) is 1. The van der Waals surface area contributed by atoms with Gasteiger partial charge in [0.05, 0.1) is 12.8 Å². The zero-order chi connectivity index (χ0) is 14.5. The average Bonchev–Trinajstić information content (AvgIpc) is 2.95. The van der Waals surface area contributed by atoms with Crippen LogP contribution in [0.5, 0.6) is 0 Å². The first kappa shape index (κ1) is 14.3. The predicted octanol–water partition coefficient (Wildman–Crippen LogP) is 2.39. The molecule has 1 N–H and O–H groups in total. The predicted molar refractivity (Wildman–Crippen MR) is 76.3 cm³/mol. The molecule has 106 valence electrons. The number of carbonyl (C=O) groups excluding carboxylic acids is 1. The van der Waals surface area contributed by atoms with Gasteiger partial charge in [0, 0.05) is 25.0 Å². The summed E-state index contributed by atoms with van der Waals surface area (Å²) in [5, 5.41) is 0. The van der Waals surface area contributed by atoms with Crippen molar-refractivity contribution in [2.75, 3.05) is 14.2 Å². The van der Waals surface area contributed by atoms with E-state index in [9.17, 15) is 4.79 Å². The number of methoxy groups -OCH3 is 1. The molecule has 5 nitrogen and oxygen atoms in total. The van der Waals surface area contributed by atoms with E-state index in [0.717, 1.165) is 17.8 Å². The Morgan fingerprint density at radius 1 is 1.50 bits per heavy atom. The minimum Gasteiger partial charge on any atom is -0.464 e. The molecular formula is C15H19N3O2. The molecule has 0 radical (unpaired) electrons. The van der Waals surface area contributed by atoms with E-state index in [0.29, 0.717) is 5.69 Å². The largest absolute Gasteiger partial charge is 0.464 e. The van der Waals surface area contributed by atoms with Gasteiger partial charge in [-0.05, 0) is 37.7 Å². The van der Waals surface area contributed by atoms with Crippen LogP contribution in [-0.2, 0) is 11.3 Å². The van der Waals surface area contributed by atoms with Crippen LogP contribution in [0.3, 0.4) is 0 Å².